The fraction of sp³-hybridized carbons (Fsp3) is 0. The van der Waals surface area contributed by atoms with Crippen molar-refractivity contribution in [2.24, 2.45) is 0 Å². The lowest BCUT2D eigenvalue weighted by atomic mass is 10.0. The van der Waals surface area contributed by atoms with Gasteiger partial charge in [0.2, 0.25) is 0 Å². The number of aromatic nitrogens is 1. The first-order valence-electron chi connectivity index (χ1n) is 13.2. The van der Waals surface area contributed by atoms with Crippen molar-refractivity contribution in [3.05, 3.63) is 127 Å². The highest BCUT2D eigenvalue weighted by atomic mass is 32.1. The van der Waals surface area contributed by atoms with Crippen LogP contribution >= 0.6 is 11.3 Å². The van der Waals surface area contributed by atoms with Gasteiger partial charge < -0.3 is 8.98 Å². The zero-order valence-electron chi connectivity index (χ0n) is 20.9. The van der Waals surface area contributed by atoms with E-state index in [0.29, 0.717) is 0 Å². The lowest BCUT2D eigenvalue weighted by molar-refractivity contribution is 0.673. The maximum atomic E-state index is 6.67. The Morgan fingerprint density at radius 3 is 2.03 bits per heavy atom. The second-order valence-corrected chi connectivity index (χ2v) is 11.1. The van der Waals surface area contributed by atoms with E-state index in [9.17, 15) is 0 Å². The number of thiophene rings is 1. The van der Waals surface area contributed by atoms with E-state index in [1.54, 1.807) is 0 Å². The zero-order chi connectivity index (χ0) is 25.5. The van der Waals surface area contributed by atoms with Gasteiger partial charge in [-0.25, -0.2) is 0 Å². The number of hydrogen-bond donors (Lipinski definition) is 0. The Labute approximate surface area is 227 Å². The van der Waals surface area contributed by atoms with E-state index in [-0.39, 0.29) is 0 Å². The van der Waals surface area contributed by atoms with Crippen LogP contribution in [0.2, 0.25) is 0 Å². The average molecular weight is 516 g/mol. The Morgan fingerprint density at radius 1 is 0.513 bits per heavy atom. The molecule has 0 bridgehead atoms. The first-order valence-corrected chi connectivity index (χ1v) is 14.0. The van der Waals surface area contributed by atoms with E-state index in [2.05, 4.69) is 132 Å². The van der Waals surface area contributed by atoms with Crippen molar-refractivity contribution < 1.29 is 4.42 Å². The van der Waals surface area contributed by atoms with Crippen molar-refractivity contribution in [1.82, 2.24) is 4.57 Å². The summed E-state index contributed by atoms with van der Waals surface area (Å²) in [6.45, 7) is 0. The van der Waals surface area contributed by atoms with Gasteiger partial charge in [-0.15, -0.1) is 11.3 Å². The summed E-state index contributed by atoms with van der Waals surface area (Å²) in [7, 11) is 0. The normalized spacial score (nSPS) is 12.1. The highest BCUT2D eigenvalue weighted by molar-refractivity contribution is 7.27. The molecule has 0 aliphatic carbocycles. The first kappa shape index (κ1) is 21.1. The minimum absolute atomic E-state index is 0.931. The molecule has 3 heterocycles. The molecule has 9 aromatic rings. The molecule has 0 radical (unpaired) electrons. The van der Waals surface area contributed by atoms with Crippen LogP contribution in [-0.4, -0.2) is 4.57 Å². The van der Waals surface area contributed by atoms with Gasteiger partial charge in [-0.2, -0.15) is 0 Å². The molecule has 0 atom stereocenters. The molecule has 0 amide bonds. The summed E-state index contributed by atoms with van der Waals surface area (Å²) in [6, 6.07) is 45.5. The van der Waals surface area contributed by atoms with Gasteiger partial charge in [-0.1, -0.05) is 97.1 Å². The Kier molecular flexibility index (Phi) is 4.24. The summed E-state index contributed by atoms with van der Waals surface area (Å²) in [5.41, 5.74) is 7.97. The third-order valence-electron chi connectivity index (χ3n) is 7.99. The molecular weight excluding hydrogens is 494 g/mol. The Bertz CT molecular complexity index is 2370. The number of rotatable bonds is 2. The Hall–Kier alpha value is -4.86. The first-order chi connectivity index (χ1) is 19.4. The molecular formula is C36H21NOS. The van der Waals surface area contributed by atoms with E-state index in [1.807, 2.05) is 11.3 Å². The molecule has 0 aliphatic rings. The molecule has 0 saturated carbocycles. The van der Waals surface area contributed by atoms with Crippen LogP contribution in [0.4, 0.5) is 0 Å². The molecule has 0 aliphatic heterocycles. The van der Waals surface area contributed by atoms with E-state index >= 15 is 0 Å². The largest absolute Gasteiger partial charge is 0.455 e. The van der Waals surface area contributed by atoms with Crippen LogP contribution in [0.5, 0.6) is 0 Å². The number of hydrogen-bond acceptors (Lipinski definition) is 2. The summed E-state index contributed by atoms with van der Waals surface area (Å²) < 4.78 is 11.7. The summed E-state index contributed by atoms with van der Waals surface area (Å²) in [6.07, 6.45) is 0. The van der Waals surface area contributed by atoms with Crippen molar-refractivity contribution in [2.45, 2.75) is 0 Å². The number of benzene rings is 6. The lowest BCUT2D eigenvalue weighted by Gasteiger charge is -2.10. The quantitative estimate of drug-likeness (QED) is 0.224. The van der Waals surface area contributed by atoms with E-state index < -0.39 is 0 Å². The maximum absolute atomic E-state index is 6.67. The standard InChI is InChI=1S/C36H21NOS/c1-2-10-22(11-3-1)23-18-20-24(21-19-23)37-28-15-7-4-12-25(28)31-32-26-13-5-8-16-29(26)38-35(32)33-27-14-6-9-17-30(27)39-36(33)34(31)37/h1-21H. The van der Waals surface area contributed by atoms with E-state index in [4.69, 9.17) is 4.42 Å². The van der Waals surface area contributed by atoms with Gasteiger partial charge in [0.1, 0.15) is 11.2 Å². The molecule has 9 rings (SSSR count). The molecule has 3 aromatic heterocycles. The smallest absolute Gasteiger partial charge is 0.145 e. The molecule has 0 unspecified atom stereocenters. The molecule has 3 heteroatoms. The van der Waals surface area contributed by atoms with Crippen LogP contribution in [0.15, 0.2) is 132 Å². The second kappa shape index (κ2) is 7.83. The molecule has 2 nitrogen and oxygen atoms in total. The summed E-state index contributed by atoms with van der Waals surface area (Å²) in [4.78, 5) is 0. The van der Waals surface area contributed by atoms with Crippen LogP contribution in [0.25, 0.3) is 80.7 Å². The van der Waals surface area contributed by atoms with Crippen LogP contribution in [0.3, 0.4) is 0 Å². The highest BCUT2D eigenvalue weighted by Gasteiger charge is 2.25. The van der Waals surface area contributed by atoms with Gasteiger partial charge in [0.15, 0.2) is 0 Å². The monoisotopic (exact) mass is 515 g/mol. The molecule has 6 aromatic carbocycles. The highest BCUT2D eigenvalue weighted by Crippen LogP contribution is 2.50. The SMILES string of the molecule is c1ccc(-c2ccc(-n3c4ccccc4c4c5c6ccccc6oc5c5c6ccccc6sc5c43)cc2)cc1. The molecule has 0 N–H and O–H groups in total. The number of para-hydroxylation sites is 2. The maximum Gasteiger partial charge on any atom is 0.145 e. The predicted molar refractivity (Wildman–Crippen MR) is 166 cm³/mol. The Balaban J connectivity index is 1.50. The minimum atomic E-state index is 0.931. The number of fused-ring (bicyclic) bond motifs is 12. The number of furan rings is 1. The van der Waals surface area contributed by atoms with Crippen molar-refractivity contribution in [3.63, 3.8) is 0 Å². The zero-order valence-corrected chi connectivity index (χ0v) is 21.7. The van der Waals surface area contributed by atoms with Gasteiger partial charge in [0.05, 0.1) is 15.7 Å². The van der Waals surface area contributed by atoms with E-state index in [1.165, 1.54) is 58.5 Å². The van der Waals surface area contributed by atoms with Crippen molar-refractivity contribution in [3.8, 4) is 16.8 Å². The van der Waals surface area contributed by atoms with Crippen LogP contribution in [-0.2, 0) is 0 Å². The number of nitrogens with zero attached hydrogens (tertiary/aromatic N) is 1. The second-order valence-electron chi connectivity index (χ2n) is 10.1. The molecule has 0 fully saturated rings. The molecule has 0 spiro atoms. The van der Waals surface area contributed by atoms with Crippen molar-refractivity contribution in [2.75, 3.05) is 0 Å². The Morgan fingerprint density at radius 2 is 1.18 bits per heavy atom. The molecule has 182 valence electrons. The van der Waals surface area contributed by atoms with Gasteiger partial charge in [-0.3, -0.25) is 0 Å². The van der Waals surface area contributed by atoms with Gasteiger partial charge >= 0.3 is 0 Å². The van der Waals surface area contributed by atoms with Gasteiger partial charge in [-0.05, 0) is 41.5 Å². The van der Waals surface area contributed by atoms with E-state index in [0.717, 1.165) is 22.2 Å². The van der Waals surface area contributed by atoms with Gasteiger partial charge in [0.25, 0.3) is 0 Å². The van der Waals surface area contributed by atoms with Crippen LogP contribution < -0.4 is 0 Å². The molecule has 0 saturated heterocycles. The average Bonchev–Trinajstić information content (AvgIpc) is 3.67. The van der Waals surface area contributed by atoms with Crippen molar-refractivity contribution in [1.29, 1.82) is 0 Å². The van der Waals surface area contributed by atoms with Crippen LogP contribution in [0, 0.1) is 0 Å². The van der Waals surface area contributed by atoms with Gasteiger partial charge in [0, 0.05) is 42.7 Å². The summed E-state index contributed by atoms with van der Waals surface area (Å²) in [5, 5.41) is 7.33. The van der Waals surface area contributed by atoms with Crippen molar-refractivity contribution >= 4 is 75.3 Å². The third kappa shape index (κ3) is 2.85. The fourth-order valence-corrected chi connectivity index (χ4v) is 7.56. The topological polar surface area (TPSA) is 18.1 Å². The lowest BCUT2D eigenvalue weighted by Crippen LogP contribution is -1.94. The summed E-state index contributed by atoms with van der Waals surface area (Å²) in [5.74, 6) is 0. The predicted octanol–water partition coefficient (Wildman–Crippen LogP) is 10.7. The summed E-state index contributed by atoms with van der Waals surface area (Å²) >= 11 is 1.86. The fourth-order valence-electron chi connectivity index (χ4n) is 6.32. The molecule has 39 heavy (non-hydrogen) atoms. The third-order valence-corrected chi connectivity index (χ3v) is 9.17. The minimum Gasteiger partial charge on any atom is -0.455 e. The van der Waals surface area contributed by atoms with Crippen LogP contribution in [0.1, 0.15) is 0 Å².